The quantitative estimate of drug-likeness (QED) is 0.266. The summed E-state index contributed by atoms with van der Waals surface area (Å²) in [5, 5.41) is 10.7. The molecule has 1 aliphatic rings. The summed E-state index contributed by atoms with van der Waals surface area (Å²) in [4.78, 5) is 11.2. The second-order valence-corrected chi connectivity index (χ2v) is 6.63. The second-order valence-electron chi connectivity index (χ2n) is 6.63. The number of nitrogens with one attached hydrogen (secondary N) is 2. The zero-order chi connectivity index (χ0) is 17.2. The molecule has 2 rings (SSSR count). The molecule has 2 N–H and O–H groups in total. The summed E-state index contributed by atoms with van der Waals surface area (Å²) in [5.41, 5.74) is 0. The topological polar surface area (TPSA) is 78.6 Å². The maximum atomic E-state index is 5.25. The minimum Gasteiger partial charge on any atom is -0.356 e. The summed E-state index contributed by atoms with van der Waals surface area (Å²) in [5.74, 6) is 2.67. The number of aryl methyl sites for hydroxylation is 1. The van der Waals surface area contributed by atoms with Gasteiger partial charge in [0.15, 0.2) is 11.8 Å². The first-order valence-electron chi connectivity index (χ1n) is 9.18. The summed E-state index contributed by atoms with van der Waals surface area (Å²) < 4.78 is 5.25. The van der Waals surface area contributed by atoms with Crippen molar-refractivity contribution >= 4 is 29.9 Å². The molecule has 1 aromatic heterocycles. The molecule has 144 valence electrons. The SMILES string of the molecule is CN=C(NCCCc1nc(C(C)C)no1)NCCN1CCCCC1.I. The third-order valence-electron chi connectivity index (χ3n) is 4.25. The molecule has 0 atom stereocenters. The van der Waals surface area contributed by atoms with Crippen LogP contribution in [0.5, 0.6) is 0 Å². The third-order valence-corrected chi connectivity index (χ3v) is 4.25. The van der Waals surface area contributed by atoms with Gasteiger partial charge in [0.1, 0.15) is 0 Å². The first kappa shape index (κ1) is 22.1. The van der Waals surface area contributed by atoms with Gasteiger partial charge in [-0.1, -0.05) is 25.4 Å². The standard InChI is InChI=1S/C17H32N6O.HI/c1-14(2)16-21-15(24-22-16)8-7-9-19-17(18-3)20-10-13-23-11-5-4-6-12-23;/h14H,4-13H2,1-3H3,(H2,18,19,20);1H. The van der Waals surface area contributed by atoms with Crippen molar-refractivity contribution < 1.29 is 4.52 Å². The average molecular weight is 464 g/mol. The summed E-state index contributed by atoms with van der Waals surface area (Å²) in [6.07, 6.45) is 5.78. The van der Waals surface area contributed by atoms with Crippen molar-refractivity contribution in [2.75, 3.05) is 39.8 Å². The van der Waals surface area contributed by atoms with Crippen molar-refractivity contribution in [2.24, 2.45) is 4.99 Å². The van der Waals surface area contributed by atoms with E-state index in [1.807, 2.05) is 7.05 Å². The van der Waals surface area contributed by atoms with Gasteiger partial charge in [0.2, 0.25) is 5.89 Å². The van der Waals surface area contributed by atoms with Crippen molar-refractivity contribution in [1.82, 2.24) is 25.7 Å². The Labute approximate surface area is 168 Å². The highest BCUT2D eigenvalue weighted by molar-refractivity contribution is 14.0. The summed E-state index contributed by atoms with van der Waals surface area (Å²) in [6.45, 7) is 9.45. The zero-order valence-corrected chi connectivity index (χ0v) is 18.1. The molecule has 0 amide bonds. The predicted octanol–water partition coefficient (Wildman–Crippen LogP) is 2.39. The second kappa shape index (κ2) is 12.5. The minimum absolute atomic E-state index is 0. The van der Waals surface area contributed by atoms with Crippen LogP contribution in [-0.2, 0) is 6.42 Å². The molecule has 1 aliphatic heterocycles. The van der Waals surface area contributed by atoms with E-state index in [-0.39, 0.29) is 24.0 Å². The number of halogens is 1. The number of guanidine groups is 1. The van der Waals surface area contributed by atoms with Crippen molar-refractivity contribution in [1.29, 1.82) is 0 Å². The first-order chi connectivity index (χ1) is 11.7. The lowest BCUT2D eigenvalue weighted by molar-refractivity contribution is 0.232. The van der Waals surface area contributed by atoms with E-state index in [1.54, 1.807) is 0 Å². The number of aliphatic imine (C=N–C) groups is 1. The third kappa shape index (κ3) is 8.35. The number of aromatic nitrogens is 2. The van der Waals surface area contributed by atoms with Gasteiger partial charge >= 0.3 is 0 Å². The number of rotatable bonds is 8. The van der Waals surface area contributed by atoms with Gasteiger partial charge < -0.3 is 20.1 Å². The molecule has 2 heterocycles. The lowest BCUT2D eigenvalue weighted by Gasteiger charge is -2.26. The van der Waals surface area contributed by atoms with E-state index in [2.05, 4.69) is 44.5 Å². The minimum atomic E-state index is 0. The monoisotopic (exact) mass is 464 g/mol. The van der Waals surface area contributed by atoms with Crippen LogP contribution >= 0.6 is 24.0 Å². The van der Waals surface area contributed by atoms with Crippen molar-refractivity contribution in [3.05, 3.63) is 11.7 Å². The Morgan fingerprint density at radius 3 is 2.56 bits per heavy atom. The Hall–Kier alpha value is -0.900. The lowest BCUT2D eigenvalue weighted by atomic mass is 10.1. The number of piperidine rings is 1. The zero-order valence-electron chi connectivity index (χ0n) is 15.8. The molecule has 25 heavy (non-hydrogen) atoms. The Balaban J connectivity index is 0.00000312. The molecule has 0 aliphatic carbocycles. The van der Waals surface area contributed by atoms with Gasteiger partial charge in [0, 0.05) is 39.0 Å². The van der Waals surface area contributed by atoms with Gasteiger partial charge in [-0.2, -0.15) is 4.98 Å². The van der Waals surface area contributed by atoms with Crippen LogP contribution in [0.1, 0.15) is 57.2 Å². The molecule has 0 bridgehead atoms. The maximum Gasteiger partial charge on any atom is 0.226 e. The molecule has 8 heteroatoms. The van der Waals surface area contributed by atoms with Crippen LogP contribution in [0.15, 0.2) is 9.52 Å². The van der Waals surface area contributed by atoms with Crippen LogP contribution in [-0.4, -0.2) is 60.8 Å². The molecule has 1 fully saturated rings. The smallest absolute Gasteiger partial charge is 0.226 e. The molecule has 7 nitrogen and oxygen atoms in total. The highest BCUT2D eigenvalue weighted by atomic mass is 127. The van der Waals surface area contributed by atoms with Crippen molar-refractivity contribution in [2.45, 2.75) is 51.9 Å². The highest BCUT2D eigenvalue weighted by Crippen LogP contribution is 2.10. The van der Waals surface area contributed by atoms with E-state index in [1.165, 1.54) is 32.4 Å². The van der Waals surface area contributed by atoms with E-state index in [9.17, 15) is 0 Å². The molecule has 1 saturated heterocycles. The molecular formula is C17H33IN6O. The van der Waals surface area contributed by atoms with Gasteiger partial charge in [-0.15, -0.1) is 24.0 Å². The highest BCUT2D eigenvalue weighted by Gasteiger charge is 2.10. The Morgan fingerprint density at radius 1 is 1.20 bits per heavy atom. The number of likely N-dealkylation sites (tertiary alicyclic amines) is 1. The summed E-state index contributed by atoms with van der Waals surface area (Å²) in [6, 6.07) is 0. The Bertz CT molecular complexity index is 499. The molecular weight excluding hydrogens is 431 g/mol. The van der Waals surface area contributed by atoms with Gasteiger partial charge in [0.05, 0.1) is 0 Å². The van der Waals surface area contributed by atoms with Gasteiger partial charge in [0.25, 0.3) is 0 Å². The Morgan fingerprint density at radius 2 is 1.92 bits per heavy atom. The molecule has 0 spiro atoms. The van der Waals surface area contributed by atoms with Crippen LogP contribution in [0.3, 0.4) is 0 Å². The molecule has 0 aromatic carbocycles. The maximum absolute atomic E-state index is 5.25. The van der Waals surface area contributed by atoms with E-state index >= 15 is 0 Å². The average Bonchev–Trinajstić information content (AvgIpc) is 3.07. The molecule has 1 aromatic rings. The van der Waals surface area contributed by atoms with Gasteiger partial charge in [-0.05, 0) is 32.4 Å². The summed E-state index contributed by atoms with van der Waals surface area (Å²) >= 11 is 0. The van der Waals surface area contributed by atoms with Crippen LogP contribution in [0.25, 0.3) is 0 Å². The van der Waals surface area contributed by atoms with E-state index in [0.29, 0.717) is 11.8 Å². The molecule has 0 saturated carbocycles. The lowest BCUT2D eigenvalue weighted by Crippen LogP contribution is -2.42. The number of nitrogens with zero attached hydrogens (tertiary/aromatic N) is 4. The Kier molecular flexibility index (Phi) is 11.0. The molecule has 0 unspecified atom stereocenters. The largest absolute Gasteiger partial charge is 0.356 e. The fraction of sp³-hybridized carbons (Fsp3) is 0.824. The first-order valence-corrected chi connectivity index (χ1v) is 9.18. The van der Waals surface area contributed by atoms with E-state index in [4.69, 9.17) is 4.52 Å². The van der Waals surface area contributed by atoms with Crippen LogP contribution in [0, 0.1) is 0 Å². The van der Waals surface area contributed by atoms with Crippen molar-refractivity contribution in [3.8, 4) is 0 Å². The fourth-order valence-corrected chi connectivity index (χ4v) is 2.79. The summed E-state index contributed by atoms with van der Waals surface area (Å²) in [7, 11) is 1.81. The van der Waals surface area contributed by atoms with Crippen LogP contribution in [0.2, 0.25) is 0 Å². The van der Waals surface area contributed by atoms with Crippen LogP contribution < -0.4 is 10.6 Å². The van der Waals surface area contributed by atoms with Crippen LogP contribution in [0.4, 0.5) is 0 Å². The number of hydrogen-bond acceptors (Lipinski definition) is 5. The molecule has 0 radical (unpaired) electrons. The van der Waals surface area contributed by atoms with Gasteiger partial charge in [-0.3, -0.25) is 4.99 Å². The van der Waals surface area contributed by atoms with E-state index < -0.39 is 0 Å². The van der Waals surface area contributed by atoms with Crippen molar-refractivity contribution in [3.63, 3.8) is 0 Å². The van der Waals surface area contributed by atoms with Gasteiger partial charge in [-0.25, -0.2) is 0 Å². The predicted molar refractivity (Wildman–Crippen MR) is 112 cm³/mol. The van der Waals surface area contributed by atoms with E-state index in [0.717, 1.165) is 44.3 Å². The normalized spacial score (nSPS) is 15.9. The fourth-order valence-electron chi connectivity index (χ4n) is 2.79. The number of hydrogen-bond donors (Lipinski definition) is 2.